The van der Waals surface area contributed by atoms with Gasteiger partial charge in [-0.25, -0.2) is 9.97 Å². The Kier molecular flexibility index (Phi) is 5.67. The predicted molar refractivity (Wildman–Crippen MR) is 117 cm³/mol. The molecule has 0 saturated heterocycles. The van der Waals surface area contributed by atoms with E-state index in [-0.39, 0.29) is 17.7 Å². The molecular formula is C22H21N5O2S. The summed E-state index contributed by atoms with van der Waals surface area (Å²) in [6.45, 7) is 5.27. The molecule has 1 aliphatic carbocycles. The summed E-state index contributed by atoms with van der Waals surface area (Å²) < 4.78 is 0. The summed E-state index contributed by atoms with van der Waals surface area (Å²) >= 11 is 1.55. The highest BCUT2D eigenvalue weighted by Gasteiger charge is 2.26. The lowest BCUT2D eigenvalue weighted by molar-refractivity contribution is -0.117. The molecule has 1 saturated carbocycles. The van der Waals surface area contributed by atoms with Crippen LogP contribution in [0.25, 0.3) is 11.3 Å². The summed E-state index contributed by atoms with van der Waals surface area (Å²) in [5.41, 5.74) is 2.36. The van der Waals surface area contributed by atoms with Crippen LogP contribution in [0.1, 0.15) is 42.0 Å². The van der Waals surface area contributed by atoms with Crippen molar-refractivity contribution in [2.75, 3.05) is 10.6 Å². The number of thiazole rings is 1. The van der Waals surface area contributed by atoms with Crippen LogP contribution in [-0.4, -0.2) is 26.8 Å². The highest BCUT2D eigenvalue weighted by molar-refractivity contribution is 7.15. The molecule has 1 aromatic carbocycles. The van der Waals surface area contributed by atoms with E-state index < -0.39 is 0 Å². The minimum Gasteiger partial charge on any atom is -0.306 e. The average Bonchev–Trinajstić information content (AvgIpc) is 3.52. The molecule has 2 aromatic heterocycles. The van der Waals surface area contributed by atoms with Crippen LogP contribution in [0.3, 0.4) is 0 Å². The first-order chi connectivity index (χ1) is 14.5. The normalized spacial score (nSPS) is 14.0. The van der Waals surface area contributed by atoms with Crippen molar-refractivity contribution in [2.45, 2.75) is 31.6 Å². The molecule has 30 heavy (non-hydrogen) atoms. The van der Waals surface area contributed by atoms with Gasteiger partial charge in [0.1, 0.15) is 0 Å². The van der Waals surface area contributed by atoms with Crippen molar-refractivity contribution >= 4 is 34.1 Å². The van der Waals surface area contributed by atoms with Gasteiger partial charge in [0.15, 0.2) is 10.9 Å². The lowest BCUT2D eigenvalue weighted by Crippen LogP contribution is -2.18. The zero-order valence-electron chi connectivity index (χ0n) is 16.5. The Labute approximate surface area is 178 Å². The maximum Gasteiger partial charge on any atom is 0.248 e. The number of benzene rings is 1. The van der Waals surface area contributed by atoms with Gasteiger partial charge in [-0.3, -0.25) is 14.6 Å². The molecule has 1 atom stereocenters. The van der Waals surface area contributed by atoms with Gasteiger partial charge in [0.05, 0.1) is 24.0 Å². The Balaban J connectivity index is 1.45. The molecule has 2 N–H and O–H groups in total. The second-order valence-corrected chi connectivity index (χ2v) is 8.22. The van der Waals surface area contributed by atoms with Crippen LogP contribution in [0.15, 0.2) is 55.5 Å². The van der Waals surface area contributed by atoms with Crippen LogP contribution in [0.2, 0.25) is 0 Å². The van der Waals surface area contributed by atoms with Crippen LogP contribution < -0.4 is 10.6 Å². The molecule has 0 aliphatic heterocycles. The van der Waals surface area contributed by atoms with Gasteiger partial charge >= 0.3 is 0 Å². The molecule has 1 unspecified atom stereocenters. The van der Waals surface area contributed by atoms with E-state index in [9.17, 15) is 9.59 Å². The van der Waals surface area contributed by atoms with E-state index in [0.29, 0.717) is 22.6 Å². The van der Waals surface area contributed by atoms with E-state index in [2.05, 4.69) is 32.2 Å². The lowest BCUT2D eigenvalue weighted by Gasteiger charge is -2.12. The summed E-state index contributed by atoms with van der Waals surface area (Å²) in [5, 5.41) is 6.13. The van der Waals surface area contributed by atoms with Crippen LogP contribution in [0.4, 0.5) is 10.9 Å². The molecule has 1 aliphatic rings. The van der Waals surface area contributed by atoms with E-state index in [4.69, 9.17) is 0 Å². The highest BCUT2D eigenvalue weighted by atomic mass is 32.1. The van der Waals surface area contributed by atoms with Crippen molar-refractivity contribution in [3.05, 3.63) is 66.0 Å². The number of nitrogens with one attached hydrogen (secondary N) is 2. The smallest absolute Gasteiger partial charge is 0.248 e. The molecule has 2 heterocycles. The van der Waals surface area contributed by atoms with Crippen molar-refractivity contribution in [3.8, 4) is 11.3 Å². The van der Waals surface area contributed by atoms with Gasteiger partial charge in [0.2, 0.25) is 11.8 Å². The standard InChI is InChI=1S/C22H21N5O2S/c1-3-20(28)26-19-12-23-17(10-24-19)16-6-4-5-15(9-16)13(2)21(29)27-22-25-11-18(30-22)14-7-8-14/h3-6,9-14H,1,7-8H2,2H3,(H,24,26,28)(H,25,27,29). The largest absolute Gasteiger partial charge is 0.306 e. The summed E-state index contributed by atoms with van der Waals surface area (Å²) in [6, 6.07) is 7.63. The first kappa shape index (κ1) is 19.9. The third-order valence-electron chi connectivity index (χ3n) is 4.90. The third-order valence-corrected chi connectivity index (χ3v) is 5.97. The molecular weight excluding hydrogens is 398 g/mol. The Morgan fingerprint density at radius 1 is 1.17 bits per heavy atom. The predicted octanol–water partition coefficient (Wildman–Crippen LogP) is 4.34. The molecule has 0 bridgehead atoms. The molecule has 8 heteroatoms. The van der Waals surface area contributed by atoms with Crippen LogP contribution >= 0.6 is 11.3 Å². The number of amides is 2. The van der Waals surface area contributed by atoms with E-state index >= 15 is 0 Å². The summed E-state index contributed by atoms with van der Waals surface area (Å²) in [7, 11) is 0. The first-order valence-corrected chi connectivity index (χ1v) is 10.5. The summed E-state index contributed by atoms with van der Waals surface area (Å²) in [6.07, 6.45) is 8.52. The van der Waals surface area contributed by atoms with Crippen LogP contribution in [-0.2, 0) is 9.59 Å². The fourth-order valence-corrected chi connectivity index (χ4v) is 3.94. The Morgan fingerprint density at radius 3 is 2.70 bits per heavy atom. The van der Waals surface area contributed by atoms with Crippen molar-refractivity contribution in [1.29, 1.82) is 0 Å². The molecule has 0 radical (unpaired) electrons. The number of hydrogen-bond donors (Lipinski definition) is 2. The summed E-state index contributed by atoms with van der Waals surface area (Å²) in [5.74, 6) is 0.180. The lowest BCUT2D eigenvalue weighted by atomic mass is 9.97. The second kappa shape index (κ2) is 8.54. The quantitative estimate of drug-likeness (QED) is 0.555. The van der Waals surface area contributed by atoms with Crippen LogP contribution in [0, 0.1) is 0 Å². The van der Waals surface area contributed by atoms with E-state index in [1.807, 2.05) is 37.4 Å². The van der Waals surface area contributed by atoms with Gasteiger partial charge < -0.3 is 10.6 Å². The average molecular weight is 420 g/mol. The molecule has 1 fully saturated rings. The van der Waals surface area contributed by atoms with Crippen molar-refractivity contribution in [1.82, 2.24) is 15.0 Å². The number of carbonyl (C=O) groups is 2. The van der Waals surface area contributed by atoms with Gasteiger partial charge in [-0.15, -0.1) is 11.3 Å². The molecule has 0 spiro atoms. The van der Waals surface area contributed by atoms with Crippen molar-refractivity contribution < 1.29 is 9.59 Å². The van der Waals surface area contributed by atoms with Crippen molar-refractivity contribution in [3.63, 3.8) is 0 Å². The first-order valence-electron chi connectivity index (χ1n) is 9.66. The number of aromatic nitrogens is 3. The monoisotopic (exact) mass is 419 g/mol. The van der Waals surface area contributed by atoms with Gasteiger partial charge in [-0.05, 0) is 43.4 Å². The van der Waals surface area contributed by atoms with E-state index in [0.717, 1.165) is 11.1 Å². The minimum atomic E-state index is -0.350. The second-order valence-electron chi connectivity index (χ2n) is 7.16. The van der Waals surface area contributed by atoms with E-state index in [1.165, 1.54) is 30.0 Å². The van der Waals surface area contributed by atoms with Crippen molar-refractivity contribution in [2.24, 2.45) is 0 Å². The van der Waals surface area contributed by atoms with Gasteiger partial charge in [-0.1, -0.05) is 24.8 Å². The van der Waals surface area contributed by atoms with Crippen LogP contribution in [0.5, 0.6) is 0 Å². The summed E-state index contributed by atoms with van der Waals surface area (Å²) in [4.78, 5) is 38.2. The number of carbonyl (C=O) groups excluding carboxylic acids is 2. The van der Waals surface area contributed by atoms with Gasteiger partial charge in [-0.2, -0.15) is 0 Å². The minimum absolute atomic E-state index is 0.0996. The van der Waals surface area contributed by atoms with Gasteiger partial charge in [0, 0.05) is 16.6 Å². The fraction of sp³-hybridized carbons (Fsp3) is 0.227. The molecule has 152 valence electrons. The zero-order chi connectivity index (χ0) is 21.1. The number of anilines is 2. The SMILES string of the molecule is C=CC(=O)Nc1cnc(-c2cccc(C(C)C(=O)Nc3ncc(C4CC4)s3)c2)cn1. The molecule has 3 aromatic rings. The topological polar surface area (TPSA) is 96.9 Å². The zero-order valence-corrected chi connectivity index (χ0v) is 17.3. The molecule has 2 amide bonds. The Hall–Kier alpha value is -3.39. The number of nitrogens with zero attached hydrogens (tertiary/aromatic N) is 3. The Morgan fingerprint density at radius 2 is 2.00 bits per heavy atom. The Bertz CT molecular complexity index is 1090. The highest BCUT2D eigenvalue weighted by Crippen LogP contribution is 2.43. The molecule has 4 rings (SSSR count). The third kappa shape index (κ3) is 4.60. The fourth-order valence-electron chi connectivity index (χ4n) is 2.95. The van der Waals surface area contributed by atoms with Gasteiger partial charge in [0.25, 0.3) is 0 Å². The number of rotatable bonds is 7. The number of hydrogen-bond acceptors (Lipinski definition) is 6. The maximum atomic E-state index is 12.7. The van der Waals surface area contributed by atoms with E-state index in [1.54, 1.807) is 17.5 Å². The maximum absolute atomic E-state index is 12.7. The molecule has 7 nitrogen and oxygen atoms in total.